The summed E-state index contributed by atoms with van der Waals surface area (Å²) in [6, 6.07) is 7.05. The molecule has 0 bridgehead atoms. The molecular formula is C17H21N7O2. The Morgan fingerprint density at radius 1 is 1.31 bits per heavy atom. The molecule has 2 heterocycles. The van der Waals surface area contributed by atoms with E-state index in [0.717, 1.165) is 12.2 Å². The highest BCUT2D eigenvalue weighted by Gasteiger charge is 2.10. The maximum Gasteiger partial charge on any atom is 0.277 e. The maximum atomic E-state index is 12.3. The van der Waals surface area contributed by atoms with E-state index in [4.69, 9.17) is 0 Å². The molecule has 0 aliphatic carbocycles. The van der Waals surface area contributed by atoms with Gasteiger partial charge in [0.25, 0.3) is 5.56 Å². The van der Waals surface area contributed by atoms with E-state index in [2.05, 4.69) is 44.7 Å². The zero-order chi connectivity index (χ0) is 18.5. The fraction of sp³-hybridized carbons (Fsp3) is 0.412. The number of hydrogen-bond acceptors (Lipinski definition) is 6. The summed E-state index contributed by atoms with van der Waals surface area (Å²) < 4.78 is 1.28. The van der Waals surface area contributed by atoms with Gasteiger partial charge in [-0.2, -0.15) is 4.98 Å². The van der Waals surface area contributed by atoms with Crippen molar-refractivity contribution in [2.45, 2.75) is 39.7 Å². The van der Waals surface area contributed by atoms with Gasteiger partial charge >= 0.3 is 0 Å². The van der Waals surface area contributed by atoms with Gasteiger partial charge in [-0.25, -0.2) is 4.68 Å². The molecule has 0 aliphatic heterocycles. The van der Waals surface area contributed by atoms with Crippen molar-refractivity contribution in [1.82, 2.24) is 30.2 Å². The number of aromatic amines is 1. The lowest BCUT2D eigenvalue weighted by Crippen LogP contribution is -2.25. The first-order valence-electron chi connectivity index (χ1n) is 8.56. The third-order valence-corrected chi connectivity index (χ3v) is 3.79. The number of hydrogen-bond donors (Lipinski definition) is 2. The van der Waals surface area contributed by atoms with Crippen molar-refractivity contribution in [1.29, 1.82) is 0 Å². The molecule has 0 aliphatic rings. The summed E-state index contributed by atoms with van der Waals surface area (Å²) in [4.78, 5) is 28.6. The lowest BCUT2D eigenvalue weighted by Gasteiger charge is -2.04. The highest BCUT2D eigenvalue weighted by atomic mass is 16.2. The Morgan fingerprint density at radius 2 is 2.12 bits per heavy atom. The molecule has 9 nitrogen and oxygen atoms in total. The zero-order valence-corrected chi connectivity index (χ0v) is 14.8. The van der Waals surface area contributed by atoms with Gasteiger partial charge in [-0.3, -0.25) is 20.0 Å². The molecule has 3 aromatic rings. The van der Waals surface area contributed by atoms with Crippen molar-refractivity contribution < 1.29 is 4.79 Å². The summed E-state index contributed by atoms with van der Waals surface area (Å²) >= 11 is 0. The van der Waals surface area contributed by atoms with Crippen LogP contribution in [0.4, 0.5) is 5.95 Å². The first kappa shape index (κ1) is 17.7. The minimum absolute atomic E-state index is 0.205. The summed E-state index contributed by atoms with van der Waals surface area (Å²) in [6.07, 6.45) is 1.46. The Morgan fingerprint density at radius 3 is 2.92 bits per heavy atom. The first-order valence-corrected chi connectivity index (χ1v) is 8.56. The first-order chi connectivity index (χ1) is 12.5. The molecule has 2 N–H and O–H groups in total. The lowest BCUT2D eigenvalue weighted by molar-refractivity contribution is -0.116. The predicted molar refractivity (Wildman–Crippen MR) is 96.6 cm³/mol. The molecule has 1 amide bonds. The Labute approximate surface area is 149 Å². The van der Waals surface area contributed by atoms with Crippen molar-refractivity contribution in [3.63, 3.8) is 0 Å². The van der Waals surface area contributed by atoms with Crippen LogP contribution in [0.2, 0.25) is 0 Å². The Hall–Kier alpha value is -3.10. The number of rotatable bonds is 7. The number of fused-ring (bicyclic) bond motifs is 1. The number of nitrogens with zero attached hydrogens (tertiary/aromatic N) is 5. The van der Waals surface area contributed by atoms with Gasteiger partial charge in [0, 0.05) is 19.4 Å². The van der Waals surface area contributed by atoms with Gasteiger partial charge in [-0.05, 0) is 24.5 Å². The van der Waals surface area contributed by atoms with Crippen molar-refractivity contribution in [2.75, 3.05) is 5.32 Å². The van der Waals surface area contributed by atoms with Crippen LogP contribution in [0.5, 0.6) is 0 Å². The standard InChI is InChI=1S/C17H21N7O2/c1-11(2)10-14-18-17(22-21-14)19-15(25)8-5-9-24-16(26)12-6-3-4-7-13(12)20-23-24/h3-4,6-7,11H,5,8-10H2,1-2H3,(H2,18,19,21,22,25). The molecule has 0 spiro atoms. The number of anilines is 1. The molecule has 0 fully saturated rings. The fourth-order valence-electron chi connectivity index (χ4n) is 2.58. The molecule has 0 radical (unpaired) electrons. The number of amides is 1. The average molecular weight is 355 g/mol. The van der Waals surface area contributed by atoms with E-state index in [1.807, 2.05) is 0 Å². The van der Waals surface area contributed by atoms with E-state index in [1.165, 1.54) is 4.68 Å². The highest BCUT2D eigenvalue weighted by Crippen LogP contribution is 2.06. The van der Waals surface area contributed by atoms with E-state index < -0.39 is 0 Å². The average Bonchev–Trinajstić information content (AvgIpc) is 3.03. The molecule has 3 rings (SSSR count). The van der Waals surface area contributed by atoms with Gasteiger partial charge in [-0.1, -0.05) is 31.2 Å². The van der Waals surface area contributed by atoms with Crippen LogP contribution in [-0.4, -0.2) is 36.1 Å². The summed E-state index contributed by atoms with van der Waals surface area (Å²) in [5.74, 6) is 1.26. The molecule has 26 heavy (non-hydrogen) atoms. The van der Waals surface area contributed by atoms with Gasteiger partial charge in [0.1, 0.15) is 11.3 Å². The Kier molecular flexibility index (Phi) is 5.35. The number of aromatic nitrogens is 6. The SMILES string of the molecule is CC(C)Cc1nc(NC(=O)CCCn2nnc3ccccc3c2=O)n[nH]1. The molecule has 1 aromatic carbocycles. The molecule has 9 heteroatoms. The molecule has 136 valence electrons. The quantitative estimate of drug-likeness (QED) is 0.663. The van der Waals surface area contributed by atoms with E-state index in [0.29, 0.717) is 29.8 Å². The van der Waals surface area contributed by atoms with Crippen molar-refractivity contribution in [3.05, 3.63) is 40.4 Å². The number of nitrogens with one attached hydrogen (secondary N) is 2. The van der Waals surface area contributed by atoms with E-state index >= 15 is 0 Å². The van der Waals surface area contributed by atoms with E-state index in [-0.39, 0.29) is 23.8 Å². The number of carbonyl (C=O) groups excluding carboxylic acids is 1. The summed E-state index contributed by atoms with van der Waals surface area (Å²) in [5.41, 5.74) is 0.358. The van der Waals surface area contributed by atoms with Crippen LogP contribution in [0.1, 0.15) is 32.5 Å². The predicted octanol–water partition coefficient (Wildman–Crippen LogP) is 1.53. The second kappa shape index (κ2) is 7.85. The van der Waals surface area contributed by atoms with Gasteiger partial charge in [0.05, 0.1) is 5.39 Å². The smallest absolute Gasteiger partial charge is 0.277 e. The second-order valence-electron chi connectivity index (χ2n) is 6.49. The second-order valence-corrected chi connectivity index (χ2v) is 6.49. The van der Waals surface area contributed by atoms with Crippen molar-refractivity contribution in [3.8, 4) is 0 Å². The minimum Gasteiger partial charge on any atom is -0.293 e. The third-order valence-electron chi connectivity index (χ3n) is 3.79. The molecular weight excluding hydrogens is 334 g/mol. The topological polar surface area (TPSA) is 118 Å². The largest absolute Gasteiger partial charge is 0.293 e. The monoisotopic (exact) mass is 355 g/mol. The van der Waals surface area contributed by atoms with Gasteiger partial charge < -0.3 is 0 Å². The molecule has 0 saturated carbocycles. The number of benzene rings is 1. The van der Waals surface area contributed by atoms with Gasteiger partial charge in [0.2, 0.25) is 11.9 Å². The molecule has 0 unspecified atom stereocenters. The van der Waals surface area contributed by atoms with Crippen LogP contribution in [0.25, 0.3) is 10.9 Å². The van der Waals surface area contributed by atoms with Crippen molar-refractivity contribution in [2.24, 2.45) is 5.92 Å². The molecule has 2 aromatic heterocycles. The van der Waals surface area contributed by atoms with Crippen LogP contribution in [0.15, 0.2) is 29.1 Å². The van der Waals surface area contributed by atoms with Gasteiger partial charge in [-0.15, -0.1) is 10.2 Å². The van der Waals surface area contributed by atoms with Crippen LogP contribution in [-0.2, 0) is 17.8 Å². The minimum atomic E-state index is -0.207. The zero-order valence-electron chi connectivity index (χ0n) is 14.8. The van der Waals surface area contributed by atoms with E-state index in [1.54, 1.807) is 24.3 Å². The maximum absolute atomic E-state index is 12.3. The number of H-pyrrole nitrogens is 1. The van der Waals surface area contributed by atoms with Gasteiger partial charge in [0.15, 0.2) is 0 Å². The summed E-state index contributed by atoms with van der Waals surface area (Å²) in [6.45, 7) is 4.48. The normalized spacial score (nSPS) is 11.2. The van der Waals surface area contributed by atoms with E-state index in [9.17, 15) is 9.59 Å². The fourth-order valence-corrected chi connectivity index (χ4v) is 2.58. The summed E-state index contributed by atoms with van der Waals surface area (Å²) in [7, 11) is 0. The number of aryl methyl sites for hydroxylation is 1. The molecule has 0 saturated heterocycles. The van der Waals surface area contributed by atoms with Crippen molar-refractivity contribution >= 4 is 22.8 Å². The highest BCUT2D eigenvalue weighted by molar-refractivity contribution is 5.88. The lowest BCUT2D eigenvalue weighted by atomic mass is 10.1. The summed E-state index contributed by atoms with van der Waals surface area (Å²) in [5, 5.41) is 17.9. The number of carbonyl (C=O) groups is 1. The molecule has 0 atom stereocenters. The van der Waals surface area contributed by atoms with Crippen LogP contribution >= 0.6 is 0 Å². The van der Waals surface area contributed by atoms with Crippen LogP contribution < -0.4 is 10.9 Å². The van der Waals surface area contributed by atoms with Crippen LogP contribution in [0.3, 0.4) is 0 Å². The Bertz CT molecular complexity index is 961. The third kappa shape index (κ3) is 4.29. The van der Waals surface area contributed by atoms with Crippen LogP contribution in [0, 0.1) is 5.92 Å². The Balaban J connectivity index is 1.53.